The topological polar surface area (TPSA) is 155 Å². The van der Waals surface area contributed by atoms with Gasteiger partial charge in [0, 0.05) is 29.3 Å². The Kier molecular flexibility index (Phi) is 14.6. The van der Waals surface area contributed by atoms with Crippen molar-refractivity contribution in [1.29, 1.82) is 0 Å². The van der Waals surface area contributed by atoms with Crippen molar-refractivity contribution < 1.29 is 32.8 Å². The van der Waals surface area contributed by atoms with Gasteiger partial charge in [0.15, 0.2) is 5.25 Å². The lowest BCUT2D eigenvalue weighted by molar-refractivity contribution is -0.138. The number of aromatic nitrogens is 2. The molecule has 0 radical (unpaired) electrons. The summed E-state index contributed by atoms with van der Waals surface area (Å²) in [4.78, 5) is 29.4. The Hall–Kier alpha value is -1.45. The third-order valence-electron chi connectivity index (χ3n) is 3.82. The third-order valence-corrected chi connectivity index (χ3v) is 10.6. The van der Waals surface area contributed by atoms with Gasteiger partial charge in [-0.2, -0.15) is 8.42 Å². The zero-order chi connectivity index (χ0) is 25.6. The summed E-state index contributed by atoms with van der Waals surface area (Å²) in [6.45, 7) is 3.73. The molecule has 0 fully saturated rings. The highest BCUT2D eigenvalue weighted by molar-refractivity contribution is 8.77. The van der Waals surface area contributed by atoms with Gasteiger partial charge in [0.2, 0.25) is 0 Å². The second-order valence-electron chi connectivity index (χ2n) is 6.83. The van der Waals surface area contributed by atoms with Crippen LogP contribution in [0.15, 0.2) is 58.8 Å². The van der Waals surface area contributed by atoms with Crippen molar-refractivity contribution in [2.45, 2.75) is 58.9 Å². The normalized spacial score (nSPS) is 13.7. The fourth-order valence-corrected chi connectivity index (χ4v) is 7.21. The van der Waals surface area contributed by atoms with E-state index in [1.165, 1.54) is 21.6 Å². The van der Waals surface area contributed by atoms with E-state index in [1.54, 1.807) is 53.0 Å². The van der Waals surface area contributed by atoms with Crippen LogP contribution in [-0.2, 0) is 19.7 Å². The Bertz CT molecular complexity index is 981. The maximum Gasteiger partial charge on any atom is 0.324 e. The summed E-state index contributed by atoms with van der Waals surface area (Å²) in [7, 11) is 1.31. The van der Waals surface area contributed by atoms with Crippen molar-refractivity contribution in [2.24, 2.45) is 0 Å². The molecule has 0 aliphatic heterocycles. The predicted molar refractivity (Wildman–Crippen MR) is 139 cm³/mol. The van der Waals surface area contributed by atoms with Crippen LogP contribution in [0.25, 0.3) is 0 Å². The summed E-state index contributed by atoms with van der Waals surface area (Å²) >= 11 is 0. The van der Waals surface area contributed by atoms with E-state index in [0.29, 0.717) is 11.7 Å². The molecule has 3 unspecified atom stereocenters. The van der Waals surface area contributed by atoms with Crippen LogP contribution in [0.3, 0.4) is 0 Å². The minimum atomic E-state index is -4.58. The van der Waals surface area contributed by atoms with Crippen LogP contribution < -0.4 is 0 Å². The number of aliphatic carboxylic acids is 2. The Balaban J connectivity index is 0.000000350. The van der Waals surface area contributed by atoms with Gasteiger partial charge in [-0.05, 0) is 58.7 Å². The van der Waals surface area contributed by atoms with E-state index in [9.17, 15) is 18.0 Å². The first kappa shape index (κ1) is 30.6. The van der Waals surface area contributed by atoms with Crippen molar-refractivity contribution in [2.75, 3.05) is 0 Å². The number of hydrogen-bond acceptors (Lipinski definition) is 10. The largest absolute Gasteiger partial charge is 0.481 e. The molecular formula is C20H26N2O7S5. The Morgan fingerprint density at radius 2 is 1.41 bits per heavy atom. The smallest absolute Gasteiger partial charge is 0.324 e. The average molecular weight is 567 g/mol. The van der Waals surface area contributed by atoms with Crippen molar-refractivity contribution in [3.8, 4) is 0 Å². The predicted octanol–water partition coefficient (Wildman–Crippen LogP) is 5.02. The van der Waals surface area contributed by atoms with Gasteiger partial charge in [-0.3, -0.25) is 14.1 Å². The highest BCUT2D eigenvalue weighted by Crippen LogP contribution is 2.35. The first-order valence-corrected chi connectivity index (χ1v) is 15.8. The Morgan fingerprint density at radius 3 is 1.79 bits per heavy atom. The van der Waals surface area contributed by atoms with Crippen LogP contribution in [0.5, 0.6) is 0 Å². The summed E-state index contributed by atoms with van der Waals surface area (Å²) in [6, 6.07) is 11.2. The fraction of sp³-hybridized carbons (Fsp3) is 0.400. The van der Waals surface area contributed by atoms with E-state index in [4.69, 9.17) is 14.8 Å². The molecule has 0 spiro atoms. The molecule has 0 aromatic carbocycles. The molecule has 2 aromatic rings. The average Bonchev–Trinajstić information content (AvgIpc) is 2.79. The van der Waals surface area contributed by atoms with Crippen LogP contribution in [0.4, 0.5) is 0 Å². The molecule has 34 heavy (non-hydrogen) atoms. The maximum atomic E-state index is 10.9. The number of pyridine rings is 2. The number of hydrogen-bond donors (Lipinski definition) is 3. The fourth-order valence-electron chi connectivity index (χ4n) is 2.12. The third kappa shape index (κ3) is 14.1. The summed E-state index contributed by atoms with van der Waals surface area (Å²) in [6.07, 6.45) is 4.14. The van der Waals surface area contributed by atoms with Crippen LogP contribution >= 0.6 is 43.2 Å². The minimum absolute atomic E-state index is 0.168. The first-order chi connectivity index (χ1) is 16.0. The highest BCUT2D eigenvalue weighted by atomic mass is 33.1. The van der Waals surface area contributed by atoms with Gasteiger partial charge in [0.25, 0.3) is 10.1 Å². The first-order valence-electron chi connectivity index (χ1n) is 9.88. The molecule has 14 heteroatoms. The second-order valence-corrected chi connectivity index (χ2v) is 13.7. The molecule has 3 N–H and O–H groups in total. The Labute approximate surface area is 214 Å². The van der Waals surface area contributed by atoms with E-state index >= 15 is 0 Å². The molecule has 188 valence electrons. The summed E-state index contributed by atoms with van der Waals surface area (Å²) < 4.78 is 30.7. The molecule has 2 rings (SSSR count). The molecule has 9 nitrogen and oxygen atoms in total. The molecule has 0 bridgehead atoms. The van der Waals surface area contributed by atoms with Crippen LogP contribution in [0.1, 0.15) is 33.1 Å². The molecular weight excluding hydrogens is 541 g/mol. The van der Waals surface area contributed by atoms with E-state index in [-0.39, 0.29) is 18.1 Å². The van der Waals surface area contributed by atoms with E-state index in [1.807, 2.05) is 31.2 Å². The van der Waals surface area contributed by atoms with Crippen molar-refractivity contribution in [3.63, 3.8) is 0 Å². The molecule has 0 amide bonds. The molecule has 0 saturated carbocycles. The Morgan fingerprint density at radius 1 is 0.912 bits per heavy atom. The van der Waals surface area contributed by atoms with Gasteiger partial charge in [0.1, 0.15) is 10.1 Å². The monoisotopic (exact) mass is 566 g/mol. The maximum absolute atomic E-state index is 10.9. The number of carbonyl (C=O) groups is 2. The highest BCUT2D eigenvalue weighted by Gasteiger charge is 2.32. The number of rotatable bonds is 13. The van der Waals surface area contributed by atoms with E-state index < -0.39 is 27.3 Å². The molecule has 3 atom stereocenters. The van der Waals surface area contributed by atoms with Crippen molar-refractivity contribution >= 4 is 65.2 Å². The lowest BCUT2D eigenvalue weighted by atomic mass is 10.2. The SMILES string of the molecule is CC(CC(C(=O)O)S(=O)(=O)O)SSc1ccccn1.CC(CCC(=O)O)SSc1ccccn1. The van der Waals surface area contributed by atoms with Crippen LogP contribution in [-0.4, -0.2) is 60.8 Å². The zero-order valence-electron chi connectivity index (χ0n) is 18.4. The quantitative estimate of drug-likeness (QED) is 0.220. The van der Waals surface area contributed by atoms with Gasteiger partial charge < -0.3 is 10.2 Å². The summed E-state index contributed by atoms with van der Waals surface area (Å²) in [5.41, 5.74) is 0. The van der Waals surface area contributed by atoms with Crippen molar-refractivity contribution in [3.05, 3.63) is 48.8 Å². The van der Waals surface area contributed by atoms with Gasteiger partial charge in [-0.25, -0.2) is 9.97 Å². The number of carboxylic acid groups (broad SMARTS) is 2. The van der Waals surface area contributed by atoms with Crippen molar-refractivity contribution in [1.82, 2.24) is 9.97 Å². The van der Waals surface area contributed by atoms with E-state index in [0.717, 1.165) is 10.1 Å². The second kappa shape index (κ2) is 16.3. The van der Waals surface area contributed by atoms with Gasteiger partial charge >= 0.3 is 11.9 Å². The lowest BCUT2D eigenvalue weighted by Crippen LogP contribution is -2.31. The molecule has 0 saturated heterocycles. The molecule has 2 heterocycles. The van der Waals surface area contributed by atoms with E-state index in [2.05, 4.69) is 9.97 Å². The lowest BCUT2D eigenvalue weighted by Gasteiger charge is -2.14. The van der Waals surface area contributed by atoms with Crippen LogP contribution in [0.2, 0.25) is 0 Å². The van der Waals surface area contributed by atoms with Gasteiger partial charge in [-0.1, -0.05) is 47.6 Å². The molecule has 0 aliphatic rings. The summed E-state index contributed by atoms with van der Waals surface area (Å²) in [5.74, 6) is -2.27. The van der Waals surface area contributed by atoms with Crippen LogP contribution in [0, 0.1) is 0 Å². The molecule has 2 aromatic heterocycles. The zero-order valence-corrected chi connectivity index (χ0v) is 22.5. The minimum Gasteiger partial charge on any atom is -0.481 e. The standard InChI is InChI=1S/C10H13NO5S3.C10H13NO2S2/c1-7(6-8(10(12)13)19(14,15)16)17-18-9-4-2-3-5-11-9;1-8(5-6-10(12)13)14-15-9-4-2-3-7-11-9/h2-5,7-8H,6H2,1H3,(H,12,13)(H,14,15,16);2-4,7-8H,5-6H2,1H3,(H,12,13). The molecule has 0 aliphatic carbocycles. The van der Waals surface area contributed by atoms with Gasteiger partial charge in [-0.15, -0.1) is 0 Å². The number of nitrogens with zero attached hydrogens (tertiary/aromatic N) is 2. The number of carboxylic acids is 2. The summed E-state index contributed by atoms with van der Waals surface area (Å²) in [5, 5.41) is 17.3. The van der Waals surface area contributed by atoms with Gasteiger partial charge in [0.05, 0.1) is 0 Å².